The van der Waals surface area contributed by atoms with Crippen molar-refractivity contribution in [1.82, 2.24) is 5.32 Å². The van der Waals surface area contributed by atoms with Crippen LogP contribution in [-0.4, -0.2) is 25.0 Å². The van der Waals surface area contributed by atoms with Crippen LogP contribution in [0.2, 0.25) is 0 Å². The number of rotatable bonds is 9. The van der Waals surface area contributed by atoms with E-state index < -0.39 is 12.0 Å². The molecule has 0 aliphatic carbocycles. The number of methoxy groups -OCH3 is 1. The van der Waals surface area contributed by atoms with Crippen molar-refractivity contribution in [2.45, 2.75) is 19.1 Å². The molecule has 172 valence electrons. The van der Waals surface area contributed by atoms with Gasteiger partial charge in [-0.2, -0.15) is 0 Å². The summed E-state index contributed by atoms with van der Waals surface area (Å²) < 4.78 is 10.7. The van der Waals surface area contributed by atoms with Gasteiger partial charge in [-0.3, -0.25) is 4.79 Å². The second-order valence-corrected chi connectivity index (χ2v) is 8.79. The van der Waals surface area contributed by atoms with Crippen molar-refractivity contribution in [3.05, 3.63) is 113 Å². The van der Waals surface area contributed by atoms with Gasteiger partial charge in [-0.25, -0.2) is 4.79 Å². The summed E-state index contributed by atoms with van der Waals surface area (Å²) in [5, 5.41) is 2.82. The van der Waals surface area contributed by atoms with Gasteiger partial charge >= 0.3 is 5.97 Å². The van der Waals surface area contributed by atoms with Crippen molar-refractivity contribution in [3.63, 3.8) is 0 Å². The first kappa shape index (κ1) is 23.3. The molecule has 1 heterocycles. The molecular weight excluding hydrogens is 446 g/mol. The third-order valence-electron chi connectivity index (χ3n) is 5.29. The lowest BCUT2D eigenvalue weighted by Crippen LogP contribution is -2.42. The minimum atomic E-state index is -0.758. The Morgan fingerprint density at radius 1 is 0.824 bits per heavy atom. The van der Waals surface area contributed by atoms with E-state index in [1.807, 2.05) is 91.0 Å². The number of carbonyl (C=O) groups excluding carboxylic acids is 2. The zero-order valence-corrected chi connectivity index (χ0v) is 19.6. The molecule has 6 heteroatoms. The van der Waals surface area contributed by atoms with Gasteiger partial charge in [0, 0.05) is 11.3 Å². The van der Waals surface area contributed by atoms with Crippen LogP contribution in [0.1, 0.15) is 20.8 Å². The largest absolute Gasteiger partial charge is 0.489 e. The van der Waals surface area contributed by atoms with Crippen molar-refractivity contribution in [2.75, 3.05) is 7.11 Å². The highest BCUT2D eigenvalue weighted by Gasteiger charge is 2.23. The predicted molar refractivity (Wildman–Crippen MR) is 134 cm³/mol. The Balaban J connectivity index is 1.39. The molecule has 1 amide bonds. The quantitative estimate of drug-likeness (QED) is 0.327. The van der Waals surface area contributed by atoms with Gasteiger partial charge < -0.3 is 14.8 Å². The number of benzene rings is 3. The van der Waals surface area contributed by atoms with E-state index in [2.05, 4.69) is 5.32 Å². The number of esters is 1. The summed E-state index contributed by atoms with van der Waals surface area (Å²) in [5.41, 5.74) is 3.04. The molecule has 0 aliphatic heterocycles. The second-order valence-electron chi connectivity index (χ2n) is 7.70. The van der Waals surface area contributed by atoms with Gasteiger partial charge in [0.15, 0.2) is 0 Å². The van der Waals surface area contributed by atoms with Gasteiger partial charge in [-0.1, -0.05) is 60.7 Å². The summed E-state index contributed by atoms with van der Waals surface area (Å²) in [6.07, 6.45) is 0.363. The Labute approximate surface area is 203 Å². The third kappa shape index (κ3) is 6.11. The molecule has 0 spiro atoms. The van der Waals surface area contributed by atoms with Crippen LogP contribution >= 0.6 is 11.3 Å². The molecule has 1 unspecified atom stereocenters. The van der Waals surface area contributed by atoms with Crippen LogP contribution in [-0.2, 0) is 22.6 Å². The average molecular weight is 472 g/mol. The van der Waals surface area contributed by atoms with Crippen LogP contribution in [0.25, 0.3) is 10.4 Å². The zero-order chi connectivity index (χ0) is 23.8. The lowest BCUT2D eigenvalue weighted by atomic mass is 10.1. The number of amides is 1. The predicted octanol–water partition coefficient (Wildman–Crippen LogP) is 5.51. The maximum atomic E-state index is 12.9. The van der Waals surface area contributed by atoms with Crippen LogP contribution in [0.15, 0.2) is 97.1 Å². The highest BCUT2D eigenvalue weighted by Crippen LogP contribution is 2.29. The molecule has 0 saturated carbocycles. The molecule has 5 nitrogen and oxygen atoms in total. The fourth-order valence-electron chi connectivity index (χ4n) is 3.49. The third-order valence-corrected chi connectivity index (χ3v) is 6.42. The lowest BCUT2D eigenvalue weighted by Gasteiger charge is -2.16. The molecule has 0 saturated heterocycles. The topological polar surface area (TPSA) is 64.6 Å². The van der Waals surface area contributed by atoms with Gasteiger partial charge in [-0.15, -0.1) is 11.3 Å². The molecular formula is C28H25NO4S. The molecule has 0 radical (unpaired) electrons. The Kier molecular flexibility index (Phi) is 7.73. The van der Waals surface area contributed by atoms with Gasteiger partial charge in [0.1, 0.15) is 18.4 Å². The van der Waals surface area contributed by atoms with Crippen molar-refractivity contribution in [3.8, 4) is 16.2 Å². The van der Waals surface area contributed by atoms with Gasteiger partial charge in [0.05, 0.1) is 12.0 Å². The highest BCUT2D eigenvalue weighted by molar-refractivity contribution is 7.17. The monoisotopic (exact) mass is 471 g/mol. The normalized spacial score (nSPS) is 11.4. The maximum absolute atomic E-state index is 12.9. The van der Waals surface area contributed by atoms with Crippen molar-refractivity contribution in [2.24, 2.45) is 0 Å². The standard InChI is InChI=1S/C28H25NO4S/c1-32-28(31)24(18-20-8-4-2-5-9-20)29-27(30)26-17-16-25(34-26)22-12-14-23(15-13-22)33-19-21-10-6-3-7-11-21/h2-17,24H,18-19H2,1H3,(H,29,30). The van der Waals surface area contributed by atoms with E-state index in [4.69, 9.17) is 9.47 Å². The Morgan fingerprint density at radius 3 is 2.12 bits per heavy atom. The molecule has 0 fully saturated rings. The van der Waals surface area contributed by atoms with Gasteiger partial charge in [0.25, 0.3) is 5.91 Å². The SMILES string of the molecule is COC(=O)C(Cc1ccccc1)NC(=O)c1ccc(-c2ccc(OCc3ccccc3)cc2)s1. The van der Waals surface area contributed by atoms with E-state index in [1.165, 1.54) is 18.4 Å². The fraction of sp³-hybridized carbons (Fsp3) is 0.143. The number of carbonyl (C=O) groups is 2. The first-order valence-corrected chi connectivity index (χ1v) is 11.7. The van der Waals surface area contributed by atoms with Crippen molar-refractivity contribution < 1.29 is 19.1 Å². The molecule has 1 aromatic heterocycles. The Morgan fingerprint density at radius 2 is 1.47 bits per heavy atom. The van der Waals surface area contributed by atoms with Crippen LogP contribution in [0.4, 0.5) is 0 Å². The molecule has 34 heavy (non-hydrogen) atoms. The lowest BCUT2D eigenvalue weighted by molar-refractivity contribution is -0.142. The number of thiophene rings is 1. The summed E-state index contributed by atoms with van der Waals surface area (Å²) in [7, 11) is 1.32. The molecule has 3 aromatic carbocycles. The number of hydrogen-bond donors (Lipinski definition) is 1. The molecule has 1 N–H and O–H groups in total. The molecule has 0 aliphatic rings. The number of ether oxygens (including phenoxy) is 2. The average Bonchev–Trinajstić information content (AvgIpc) is 3.39. The van der Waals surface area contributed by atoms with E-state index in [9.17, 15) is 9.59 Å². The summed E-state index contributed by atoms with van der Waals surface area (Å²) in [6.45, 7) is 0.508. The second kappa shape index (κ2) is 11.3. The van der Waals surface area contributed by atoms with Crippen molar-refractivity contribution in [1.29, 1.82) is 0 Å². The highest BCUT2D eigenvalue weighted by atomic mass is 32.1. The maximum Gasteiger partial charge on any atom is 0.328 e. The van der Waals surface area contributed by atoms with Crippen LogP contribution < -0.4 is 10.1 Å². The van der Waals surface area contributed by atoms with Gasteiger partial charge in [0.2, 0.25) is 0 Å². The summed E-state index contributed by atoms with van der Waals surface area (Å²) in [6, 6.07) is 30.2. The van der Waals surface area contributed by atoms with E-state index >= 15 is 0 Å². The summed E-state index contributed by atoms with van der Waals surface area (Å²) in [5.74, 6) is 0.00873. The Hall–Kier alpha value is -3.90. The smallest absolute Gasteiger partial charge is 0.328 e. The zero-order valence-electron chi connectivity index (χ0n) is 18.8. The fourth-order valence-corrected chi connectivity index (χ4v) is 4.40. The number of nitrogens with one attached hydrogen (secondary N) is 1. The van der Waals surface area contributed by atoms with Crippen molar-refractivity contribution >= 4 is 23.2 Å². The Bertz CT molecular complexity index is 1220. The first-order valence-electron chi connectivity index (χ1n) is 10.9. The van der Waals surface area contributed by atoms with E-state index in [0.29, 0.717) is 17.9 Å². The molecule has 4 aromatic rings. The van der Waals surface area contributed by atoms with Gasteiger partial charge in [-0.05, 0) is 53.1 Å². The van der Waals surface area contributed by atoms with Crippen LogP contribution in [0.3, 0.4) is 0 Å². The van der Waals surface area contributed by atoms with Crippen LogP contribution in [0, 0.1) is 0 Å². The van der Waals surface area contributed by atoms with Crippen LogP contribution in [0.5, 0.6) is 5.75 Å². The minimum absolute atomic E-state index is 0.301. The van der Waals surface area contributed by atoms with E-state index in [-0.39, 0.29) is 5.91 Å². The van der Waals surface area contributed by atoms with E-state index in [1.54, 1.807) is 6.07 Å². The molecule has 0 bridgehead atoms. The first-order chi connectivity index (χ1) is 16.6. The minimum Gasteiger partial charge on any atom is -0.489 e. The number of hydrogen-bond acceptors (Lipinski definition) is 5. The molecule has 1 atom stereocenters. The summed E-state index contributed by atoms with van der Waals surface area (Å²) in [4.78, 5) is 26.6. The van der Waals surface area contributed by atoms with E-state index in [0.717, 1.165) is 27.3 Å². The molecule has 4 rings (SSSR count). The summed E-state index contributed by atoms with van der Waals surface area (Å²) >= 11 is 1.37.